The van der Waals surface area contributed by atoms with Crippen molar-refractivity contribution in [1.82, 2.24) is 5.48 Å². The first-order chi connectivity index (χ1) is 8.74. The minimum Gasteiger partial charge on any atom is -0.461 e. The van der Waals surface area contributed by atoms with E-state index >= 15 is 0 Å². The summed E-state index contributed by atoms with van der Waals surface area (Å²) in [5.41, 5.74) is 3.61. The molecule has 0 heterocycles. The van der Waals surface area contributed by atoms with E-state index in [9.17, 15) is 4.79 Å². The molecule has 0 radical (unpaired) electrons. The van der Waals surface area contributed by atoms with E-state index < -0.39 is 5.97 Å². The van der Waals surface area contributed by atoms with Gasteiger partial charge in [0.2, 0.25) is 0 Å². The second kappa shape index (κ2) is 8.08. The van der Waals surface area contributed by atoms with Crippen LogP contribution in [0.25, 0.3) is 6.08 Å². The van der Waals surface area contributed by atoms with Gasteiger partial charge in [-0.3, -0.25) is 10.3 Å². The smallest absolute Gasteiger partial charge is 0.356 e. The number of carbonyl (C=O) groups is 1. The van der Waals surface area contributed by atoms with Gasteiger partial charge in [-0.1, -0.05) is 49.1 Å². The van der Waals surface area contributed by atoms with Crippen LogP contribution in [0.4, 0.5) is 0 Å². The maximum Gasteiger partial charge on any atom is 0.356 e. The largest absolute Gasteiger partial charge is 0.461 e. The van der Waals surface area contributed by atoms with Crippen LogP contribution in [0.2, 0.25) is 0 Å². The Balaban J connectivity index is 2.21. The van der Waals surface area contributed by atoms with Gasteiger partial charge < -0.3 is 4.74 Å². The van der Waals surface area contributed by atoms with Gasteiger partial charge >= 0.3 is 5.97 Å². The number of hydroxylamine groups is 1. The highest BCUT2D eigenvalue weighted by Gasteiger charge is 2.05. The van der Waals surface area contributed by atoms with Gasteiger partial charge in [-0.2, -0.15) is 0 Å². The van der Waals surface area contributed by atoms with Crippen LogP contribution >= 0.6 is 0 Å². The molecule has 0 fully saturated rings. The predicted octanol–water partition coefficient (Wildman–Crippen LogP) is 2.30. The summed E-state index contributed by atoms with van der Waals surface area (Å²) in [5, 5.41) is 0. The topological polar surface area (TPSA) is 47.6 Å². The number of esters is 1. The highest BCUT2D eigenvalue weighted by Crippen LogP contribution is 2.00. The number of hydrogen-bond donors (Lipinski definition) is 1. The molecule has 18 heavy (non-hydrogen) atoms. The molecule has 0 saturated carbocycles. The average molecular weight is 247 g/mol. The molecule has 1 rings (SSSR count). The molecule has 0 aliphatic heterocycles. The Morgan fingerprint density at radius 1 is 1.39 bits per heavy atom. The molecule has 4 heteroatoms. The van der Waals surface area contributed by atoms with Crippen molar-refractivity contribution in [1.29, 1.82) is 0 Å². The standard InChI is InChI=1S/C14H17NO3/c1-3-17-14(16)12(2)15-18-11-7-10-13-8-5-4-6-9-13/h4-10,15H,2-3,11H2,1H3. The Morgan fingerprint density at radius 2 is 2.11 bits per heavy atom. The third-order valence-corrected chi connectivity index (χ3v) is 2.01. The number of ether oxygens (including phenoxy) is 1. The molecule has 1 N–H and O–H groups in total. The fraction of sp³-hybridized carbons (Fsp3) is 0.214. The predicted molar refractivity (Wildman–Crippen MR) is 70.3 cm³/mol. The minimum atomic E-state index is -0.510. The van der Waals surface area contributed by atoms with Gasteiger partial charge in [-0.05, 0) is 12.5 Å². The average Bonchev–Trinajstić information content (AvgIpc) is 2.39. The van der Waals surface area contributed by atoms with E-state index in [0.717, 1.165) is 5.56 Å². The monoisotopic (exact) mass is 247 g/mol. The van der Waals surface area contributed by atoms with E-state index in [4.69, 9.17) is 9.57 Å². The van der Waals surface area contributed by atoms with E-state index in [-0.39, 0.29) is 5.70 Å². The van der Waals surface area contributed by atoms with Crippen LogP contribution in [0.1, 0.15) is 12.5 Å². The van der Waals surface area contributed by atoms with Crippen LogP contribution in [0.5, 0.6) is 0 Å². The first-order valence-corrected chi connectivity index (χ1v) is 5.69. The maximum absolute atomic E-state index is 11.1. The molecular weight excluding hydrogens is 230 g/mol. The fourth-order valence-electron chi connectivity index (χ4n) is 1.19. The molecule has 1 aromatic rings. The highest BCUT2D eigenvalue weighted by molar-refractivity contribution is 5.86. The molecule has 0 unspecified atom stereocenters. The van der Waals surface area contributed by atoms with Crippen molar-refractivity contribution in [3.8, 4) is 0 Å². The first kappa shape index (κ1) is 14.0. The highest BCUT2D eigenvalue weighted by atomic mass is 16.6. The molecule has 0 amide bonds. The molecule has 0 spiro atoms. The Labute approximate surface area is 107 Å². The molecule has 0 aliphatic rings. The lowest BCUT2D eigenvalue weighted by Gasteiger charge is -2.06. The normalized spacial score (nSPS) is 10.3. The van der Waals surface area contributed by atoms with Crippen molar-refractivity contribution in [2.24, 2.45) is 0 Å². The second-order valence-electron chi connectivity index (χ2n) is 3.43. The van der Waals surface area contributed by atoms with Crippen LogP contribution in [-0.4, -0.2) is 19.2 Å². The Bertz CT molecular complexity index is 412. The van der Waals surface area contributed by atoms with Crippen molar-refractivity contribution in [3.63, 3.8) is 0 Å². The van der Waals surface area contributed by atoms with Crippen LogP contribution in [0.15, 0.2) is 48.7 Å². The molecule has 0 bridgehead atoms. The second-order valence-corrected chi connectivity index (χ2v) is 3.43. The van der Waals surface area contributed by atoms with Crippen molar-refractivity contribution in [2.75, 3.05) is 13.2 Å². The SMILES string of the molecule is C=C(NOCC=Cc1ccccc1)C(=O)OCC. The van der Waals surface area contributed by atoms with Gasteiger partial charge in [-0.15, -0.1) is 0 Å². The maximum atomic E-state index is 11.1. The zero-order chi connectivity index (χ0) is 13.2. The van der Waals surface area contributed by atoms with E-state index in [0.29, 0.717) is 13.2 Å². The van der Waals surface area contributed by atoms with Gasteiger partial charge in [0.15, 0.2) is 0 Å². The van der Waals surface area contributed by atoms with Gasteiger partial charge in [0, 0.05) is 0 Å². The molecule has 0 aromatic heterocycles. The van der Waals surface area contributed by atoms with Crippen LogP contribution in [-0.2, 0) is 14.4 Å². The lowest BCUT2D eigenvalue weighted by molar-refractivity contribution is -0.140. The Kier molecular flexibility index (Phi) is 6.28. The van der Waals surface area contributed by atoms with E-state index in [1.165, 1.54) is 0 Å². The van der Waals surface area contributed by atoms with Crippen LogP contribution in [0, 0.1) is 0 Å². The molecule has 1 aromatic carbocycles. The molecule has 0 saturated heterocycles. The van der Waals surface area contributed by atoms with Gasteiger partial charge in [0.25, 0.3) is 0 Å². The lowest BCUT2D eigenvalue weighted by atomic mass is 10.2. The lowest BCUT2D eigenvalue weighted by Crippen LogP contribution is -2.21. The molecular formula is C14H17NO3. The molecule has 96 valence electrons. The summed E-state index contributed by atoms with van der Waals surface area (Å²) in [6, 6.07) is 9.85. The summed E-state index contributed by atoms with van der Waals surface area (Å²) in [4.78, 5) is 16.2. The molecule has 0 atom stereocenters. The quantitative estimate of drug-likeness (QED) is 0.347. The van der Waals surface area contributed by atoms with Crippen molar-refractivity contribution in [3.05, 3.63) is 54.2 Å². The van der Waals surface area contributed by atoms with Gasteiger partial charge in [-0.25, -0.2) is 4.79 Å². The number of carbonyl (C=O) groups excluding carboxylic acids is 1. The van der Waals surface area contributed by atoms with Crippen molar-refractivity contribution in [2.45, 2.75) is 6.92 Å². The number of hydrogen-bond acceptors (Lipinski definition) is 4. The summed E-state index contributed by atoms with van der Waals surface area (Å²) in [6.45, 7) is 5.86. The summed E-state index contributed by atoms with van der Waals surface area (Å²) in [6.07, 6.45) is 3.76. The Morgan fingerprint density at radius 3 is 2.78 bits per heavy atom. The minimum absolute atomic E-state index is 0.0879. The molecule has 0 aliphatic carbocycles. The van der Waals surface area contributed by atoms with Crippen molar-refractivity contribution < 1.29 is 14.4 Å². The van der Waals surface area contributed by atoms with Crippen LogP contribution < -0.4 is 5.48 Å². The summed E-state index contributed by atoms with van der Waals surface area (Å²) in [5.74, 6) is -0.510. The third-order valence-electron chi connectivity index (χ3n) is 2.01. The van der Waals surface area contributed by atoms with Crippen LogP contribution in [0.3, 0.4) is 0 Å². The van der Waals surface area contributed by atoms with E-state index in [2.05, 4.69) is 12.1 Å². The van der Waals surface area contributed by atoms with E-state index in [1.807, 2.05) is 42.5 Å². The van der Waals surface area contributed by atoms with E-state index in [1.54, 1.807) is 6.92 Å². The summed E-state index contributed by atoms with van der Waals surface area (Å²) >= 11 is 0. The molecule has 4 nitrogen and oxygen atoms in total. The third kappa shape index (κ3) is 5.32. The number of nitrogens with one attached hydrogen (secondary N) is 1. The van der Waals surface area contributed by atoms with Gasteiger partial charge in [0.05, 0.1) is 13.2 Å². The van der Waals surface area contributed by atoms with Crippen molar-refractivity contribution >= 4 is 12.0 Å². The zero-order valence-corrected chi connectivity index (χ0v) is 10.4. The fourth-order valence-corrected chi connectivity index (χ4v) is 1.19. The zero-order valence-electron chi connectivity index (χ0n) is 10.4. The Hall–Kier alpha value is -2.07. The first-order valence-electron chi connectivity index (χ1n) is 5.69. The van der Waals surface area contributed by atoms with Gasteiger partial charge in [0.1, 0.15) is 5.70 Å². The number of benzene rings is 1. The number of rotatable bonds is 7. The summed E-state index contributed by atoms with van der Waals surface area (Å²) < 4.78 is 4.73. The summed E-state index contributed by atoms with van der Waals surface area (Å²) in [7, 11) is 0.